The van der Waals surface area contributed by atoms with Gasteiger partial charge in [-0.25, -0.2) is 13.2 Å². The van der Waals surface area contributed by atoms with Crippen molar-refractivity contribution in [3.8, 4) is 5.75 Å². The first-order valence-corrected chi connectivity index (χ1v) is 11.6. The van der Waals surface area contributed by atoms with E-state index in [1.165, 1.54) is 6.08 Å². The molecule has 1 N–H and O–H groups in total. The van der Waals surface area contributed by atoms with E-state index in [1.54, 1.807) is 61.5 Å². The van der Waals surface area contributed by atoms with Gasteiger partial charge >= 0.3 is 11.9 Å². The van der Waals surface area contributed by atoms with Crippen molar-refractivity contribution in [3.63, 3.8) is 0 Å². The molecule has 0 heterocycles. The van der Waals surface area contributed by atoms with Crippen molar-refractivity contribution in [2.45, 2.75) is 13.2 Å². The maximum absolute atomic E-state index is 13.1. The van der Waals surface area contributed by atoms with E-state index in [0.29, 0.717) is 15.3 Å². The fourth-order valence-electron chi connectivity index (χ4n) is 3.10. The van der Waals surface area contributed by atoms with Crippen LogP contribution in [0.3, 0.4) is 0 Å². The second-order valence-electron chi connectivity index (χ2n) is 6.90. The van der Waals surface area contributed by atoms with Gasteiger partial charge in [-0.3, -0.25) is 4.79 Å². The minimum atomic E-state index is -4.41. The Morgan fingerprint density at radius 1 is 1.00 bits per heavy atom. The number of benzene rings is 3. The fourth-order valence-corrected chi connectivity index (χ4v) is 4.28. The molecule has 0 saturated heterocycles. The van der Waals surface area contributed by atoms with Crippen LogP contribution in [0.2, 0.25) is 0 Å². The number of ether oxygens (including phenoxy) is 2. The van der Waals surface area contributed by atoms with Gasteiger partial charge in [-0.15, -0.1) is 4.31 Å². The highest BCUT2D eigenvalue weighted by Gasteiger charge is 2.38. The average Bonchev–Trinajstić information content (AvgIpc) is 2.80. The van der Waals surface area contributed by atoms with Crippen molar-refractivity contribution in [2.24, 2.45) is 0 Å². The Hall–Kier alpha value is -3.69. The molecule has 0 bridgehead atoms. The molecule has 0 amide bonds. The van der Waals surface area contributed by atoms with E-state index >= 15 is 0 Å². The SMILES string of the molecule is CCOC(=O)C(Oc1cccc2ccccc12)N(CC(=O)O)S(=O)(=O)C=Cc1ccccc1. The Kier molecular flexibility index (Phi) is 7.81. The van der Waals surface area contributed by atoms with Gasteiger partial charge in [-0.2, -0.15) is 0 Å². The van der Waals surface area contributed by atoms with Crippen LogP contribution >= 0.6 is 0 Å². The smallest absolute Gasteiger partial charge is 0.364 e. The van der Waals surface area contributed by atoms with Crippen LogP contribution in [0.25, 0.3) is 16.8 Å². The molecule has 1 atom stereocenters. The normalized spacial score (nSPS) is 12.7. The quantitative estimate of drug-likeness (QED) is 0.357. The number of fused-ring (bicyclic) bond motifs is 1. The molecule has 3 rings (SSSR count). The van der Waals surface area contributed by atoms with Gasteiger partial charge in [0, 0.05) is 10.8 Å². The summed E-state index contributed by atoms with van der Waals surface area (Å²) in [6, 6.07) is 20.9. The number of nitrogens with zero attached hydrogens (tertiary/aromatic N) is 1. The molecule has 3 aromatic carbocycles. The molecule has 0 aromatic heterocycles. The molecule has 8 nitrogen and oxygen atoms in total. The molecule has 172 valence electrons. The van der Waals surface area contributed by atoms with Gasteiger partial charge < -0.3 is 14.6 Å². The van der Waals surface area contributed by atoms with E-state index in [0.717, 1.165) is 10.8 Å². The van der Waals surface area contributed by atoms with Crippen LogP contribution in [0.5, 0.6) is 5.75 Å². The van der Waals surface area contributed by atoms with Crippen LogP contribution in [-0.2, 0) is 24.3 Å². The number of hydrogen-bond acceptors (Lipinski definition) is 6. The van der Waals surface area contributed by atoms with E-state index in [-0.39, 0.29) is 12.4 Å². The molecule has 0 radical (unpaired) electrons. The third-order valence-corrected chi connectivity index (χ3v) is 6.04. The highest BCUT2D eigenvalue weighted by molar-refractivity contribution is 7.92. The number of hydrogen-bond donors (Lipinski definition) is 1. The molecule has 0 aliphatic heterocycles. The standard InChI is InChI=1S/C24H23NO7S/c1-2-31-24(28)23(32-21-14-8-12-19-11-6-7-13-20(19)21)25(17-22(26)27)33(29,30)16-15-18-9-4-3-5-10-18/h3-16,23H,2,17H2,1H3,(H,26,27). The number of carbonyl (C=O) groups is 2. The lowest BCUT2D eigenvalue weighted by atomic mass is 10.1. The summed E-state index contributed by atoms with van der Waals surface area (Å²) in [7, 11) is -4.41. The van der Waals surface area contributed by atoms with E-state index in [2.05, 4.69) is 0 Å². The third kappa shape index (κ3) is 6.18. The summed E-state index contributed by atoms with van der Waals surface area (Å²) in [4.78, 5) is 24.3. The zero-order chi connectivity index (χ0) is 23.8. The van der Waals surface area contributed by atoms with Crippen molar-refractivity contribution >= 4 is 38.8 Å². The van der Waals surface area contributed by atoms with Gasteiger partial charge in [-0.1, -0.05) is 66.7 Å². The van der Waals surface area contributed by atoms with Crippen LogP contribution in [0, 0.1) is 0 Å². The number of carboxylic acid groups (broad SMARTS) is 1. The molecular formula is C24H23NO7S. The first kappa shape index (κ1) is 24.0. The number of carbonyl (C=O) groups excluding carboxylic acids is 1. The van der Waals surface area contributed by atoms with Crippen LogP contribution in [0.1, 0.15) is 12.5 Å². The number of carboxylic acids is 1. The summed E-state index contributed by atoms with van der Waals surface area (Å²) in [6.45, 7) is 0.503. The second kappa shape index (κ2) is 10.8. The van der Waals surface area contributed by atoms with Gasteiger partial charge in [0.05, 0.1) is 6.61 Å². The summed E-state index contributed by atoms with van der Waals surface area (Å²) >= 11 is 0. The largest absolute Gasteiger partial charge is 0.480 e. The first-order valence-electron chi connectivity index (χ1n) is 10.1. The molecule has 0 saturated carbocycles. The maximum atomic E-state index is 13.1. The van der Waals surface area contributed by atoms with E-state index in [4.69, 9.17) is 9.47 Å². The summed E-state index contributed by atoms with van der Waals surface area (Å²) < 4.78 is 37.6. The minimum absolute atomic E-state index is 0.0466. The Balaban J connectivity index is 2.04. The Bertz CT molecular complexity index is 1250. The molecule has 1 unspecified atom stereocenters. The number of rotatable bonds is 10. The lowest BCUT2D eigenvalue weighted by Gasteiger charge is -2.27. The van der Waals surface area contributed by atoms with Crippen LogP contribution in [-0.4, -0.2) is 49.1 Å². The number of sulfonamides is 1. The molecule has 0 aliphatic rings. The Morgan fingerprint density at radius 3 is 2.36 bits per heavy atom. The van der Waals surface area contributed by atoms with E-state index in [1.807, 2.05) is 18.2 Å². The van der Waals surface area contributed by atoms with Crippen LogP contribution in [0.15, 0.2) is 78.2 Å². The zero-order valence-corrected chi connectivity index (χ0v) is 18.6. The second-order valence-corrected chi connectivity index (χ2v) is 8.67. The van der Waals surface area contributed by atoms with E-state index in [9.17, 15) is 23.1 Å². The average molecular weight is 470 g/mol. The molecule has 0 spiro atoms. The predicted molar refractivity (Wildman–Crippen MR) is 124 cm³/mol. The molecular weight excluding hydrogens is 446 g/mol. The molecule has 0 aliphatic carbocycles. The van der Waals surface area contributed by atoms with Crippen molar-refractivity contribution < 1.29 is 32.6 Å². The summed E-state index contributed by atoms with van der Waals surface area (Å²) in [5, 5.41) is 11.7. The fraction of sp³-hybridized carbons (Fsp3) is 0.167. The third-order valence-electron chi connectivity index (χ3n) is 4.59. The summed E-state index contributed by atoms with van der Waals surface area (Å²) in [5.41, 5.74) is 0.582. The molecule has 0 fully saturated rings. The van der Waals surface area contributed by atoms with Crippen molar-refractivity contribution in [1.29, 1.82) is 0 Å². The first-order chi connectivity index (χ1) is 15.8. The van der Waals surface area contributed by atoms with Crippen molar-refractivity contribution in [3.05, 3.63) is 83.8 Å². The van der Waals surface area contributed by atoms with Gasteiger partial charge in [0.15, 0.2) is 0 Å². The minimum Gasteiger partial charge on any atom is -0.480 e. The highest BCUT2D eigenvalue weighted by Crippen LogP contribution is 2.27. The van der Waals surface area contributed by atoms with Crippen LogP contribution < -0.4 is 4.74 Å². The number of esters is 1. The van der Waals surface area contributed by atoms with Gasteiger partial charge in [-0.05, 0) is 30.0 Å². The molecule has 9 heteroatoms. The van der Waals surface area contributed by atoms with Gasteiger partial charge in [0.25, 0.3) is 6.23 Å². The zero-order valence-electron chi connectivity index (χ0n) is 17.8. The predicted octanol–water partition coefficient (Wildman–Crippen LogP) is 3.50. The van der Waals surface area contributed by atoms with Crippen molar-refractivity contribution in [1.82, 2.24) is 4.31 Å². The molecule has 33 heavy (non-hydrogen) atoms. The van der Waals surface area contributed by atoms with Gasteiger partial charge in [0.2, 0.25) is 10.0 Å². The van der Waals surface area contributed by atoms with E-state index < -0.39 is 34.7 Å². The Labute approximate surface area is 191 Å². The number of aliphatic carboxylic acids is 1. The summed E-state index contributed by atoms with van der Waals surface area (Å²) in [6.07, 6.45) is -0.540. The van der Waals surface area contributed by atoms with Crippen LogP contribution in [0.4, 0.5) is 0 Å². The lowest BCUT2D eigenvalue weighted by molar-refractivity contribution is -0.158. The highest BCUT2D eigenvalue weighted by atomic mass is 32.2. The Morgan fingerprint density at radius 2 is 1.67 bits per heavy atom. The molecule has 3 aromatic rings. The van der Waals surface area contributed by atoms with Crippen molar-refractivity contribution in [2.75, 3.05) is 13.2 Å². The monoisotopic (exact) mass is 469 g/mol. The lowest BCUT2D eigenvalue weighted by Crippen LogP contribution is -2.50. The maximum Gasteiger partial charge on any atom is 0.364 e. The topological polar surface area (TPSA) is 110 Å². The summed E-state index contributed by atoms with van der Waals surface area (Å²) in [5.74, 6) is -2.27. The van der Waals surface area contributed by atoms with Gasteiger partial charge in [0.1, 0.15) is 12.3 Å².